The van der Waals surface area contributed by atoms with Gasteiger partial charge in [-0.2, -0.15) is 0 Å². The van der Waals surface area contributed by atoms with Crippen molar-refractivity contribution in [2.45, 2.75) is 19.3 Å². The van der Waals surface area contributed by atoms with Crippen LogP contribution in [0.2, 0.25) is 0 Å². The van der Waals surface area contributed by atoms with Crippen LogP contribution in [0.3, 0.4) is 0 Å². The number of hydrogen-bond donors (Lipinski definition) is 1. The summed E-state index contributed by atoms with van der Waals surface area (Å²) in [4.78, 5) is 0. The third-order valence-electron chi connectivity index (χ3n) is 2.22. The Balaban J connectivity index is 2.08. The molecule has 0 heterocycles. The summed E-state index contributed by atoms with van der Waals surface area (Å²) in [5, 5.41) is 3.96. The number of rotatable bonds is 4. The molecule has 0 aromatic rings. The predicted octanol–water partition coefficient (Wildman–Crippen LogP) is 3.25. The van der Waals surface area contributed by atoms with Crippen LogP contribution in [-0.4, -0.2) is 13.1 Å². The highest BCUT2D eigenvalue weighted by molar-refractivity contribution is 6.36. The van der Waals surface area contributed by atoms with E-state index >= 15 is 0 Å². The molecule has 1 unspecified atom stereocenters. The maximum atomic E-state index is 5.74. The summed E-state index contributed by atoms with van der Waals surface area (Å²) in [7, 11) is 0. The van der Waals surface area contributed by atoms with Crippen LogP contribution in [0, 0.1) is 5.92 Å². The van der Waals surface area contributed by atoms with Crippen molar-refractivity contribution >= 4 is 23.2 Å². The van der Waals surface area contributed by atoms with Gasteiger partial charge in [-0.25, -0.2) is 0 Å². The summed E-state index contributed by atoms with van der Waals surface area (Å²) < 4.78 is 0. The van der Waals surface area contributed by atoms with E-state index in [4.69, 9.17) is 23.2 Å². The first-order valence-electron chi connectivity index (χ1n) is 4.63. The Labute approximate surface area is 89.8 Å². The number of halogens is 2. The van der Waals surface area contributed by atoms with Gasteiger partial charge in [-0.05, 0) is 31.7 Å². The molecule has 0 aromatic carbocycles. The van der Waals surface area contributed by atoms with Gasteiger partial charge in [0.25, 0.3) is 0 Å². The fourth-order valence-corrected chi connectivity index (χ4v) is 1.65. The molecule has 74 valence electrons. The highest BCUT2D eigenvalue weighted by Crippen LogP contribution is 2.16. The van der Waals surface area contributed by atoms with E-state index < -0.39 is 0 Å². The van der Waals surface area contributed by atoms with Crippen LogP contribution in [0.4, 0.5) is 0 Å². The van der Waals surface area contributed by atoms with Gasteiger partial charge < -0.3 is 5.32 Å². The molecule has 0 aromatic heterocycles. The van der Waals surface area contributed by atoms with Crippen LogP contribution in [-0.2, 0) is 0 Å². The quantitative estimate of drug-likeness (QED) is 0.717. The van der Waals surface area contributed by atoms with Gasteiger partial charge in [-0.15, -0.1) is 0 Å². The van der Waals surface area contributed by atoms with E-state index in [1.165, 1.54) is 24.8 Å². The summed E-state index contributed by atoms with van der Waals surface area (Å²) in [5.74, 6) is 0.768. The zero-order chi connectivity index (χ0) is 9.52. The monoisotopic (exact) mass is 219 g/mol. The molecule has 0 aliphatic heterocycles. The Morgan fingerprint density at radius 3 is 3.00 bits per heavy atom. The van der Waals surface area contributed by atoms with Crippen LogP contribution in [0.1, 0.15) is 19.3 Å². The summed E-state index contributed by atoms with van der Waals surface area (Å²) in [5.41, 5.74) is 1.41. The average molecular weight is 220 g/mol. The number of nitrogens with one attached hydrogen (secondary N) is 1. The van der Waals surface area contributed by atoms with Crippen molar-refractivity contribution in [2.75, 3.05) is 13.1 Å². The van der Waals surface area contributed by atoms with Crippen LogP contribution >= 0.6 is 23.2 Å². The van der Waals surface area contributed by atoms with E-state index in [0.29, 0.717) is 11.6 Å². The first kappa shape index (κ1) is 11.1. The molecular weight excluding hydrogens is 205 g/mol. The van der Waals surface area contributed by atoms with E-state index in [9.17, 15) is 0 Å². The second kappa shape index (κ2) is 6.47. The molecular formula is C10H15Cl2N. The Hall–Kier alpha value is 0.0200. The number of hydrogen-bond acceptors (Lipinski definition) is 1. The van der Waals surface area contributed by atoms with Gasteiger partial charge in [0.2, 0.25) is 0 Å². The van der Waals surface area contributed by atoms with Crippen molar-refractivity contribution in [1.82, 2.24) is 5.32 Å². The van der Waals surface area contributed by atoms with E-state index in [0.717, 1.165) is 12.5 Å². The minimum atomic E-state index is 0.674. The Bertz CT molecular complexity index is 199. The van der Waals surface area contributed by atoms with Crippen molar-refractivity contribution in [3.8, 4) is 0 Å². The lowest BCUT2D eigenvalue weighted by molar-refractivity contribution is 0.450. The minimum absolute atomic E-state index is 0.674. The first-order chi connectivity index (χ1) is 6.33. The lowest BCUT2D eigenvalue weighted by Gasteiger charge is -2.17. The van der Waals surface area contributed by atoms with Gasteiger partial charge in [-0.1, -0.05) is 35.4 Å². The van der Waals surface area contributed by atoms with Crippen LogP contribution < -0.4 is 5.32 Å². The third-order valence-corrected chi connectivity index (χ3v) is 2.84. The Morgan fingerprint density at radius 1 is 1.54 bits per heavy atom. The zero-order valence-electron chi connectivity index (χ0n) is 7.60. The average Bonchev–Trinajstić information content (AvgIpc) is 2.19. The molecule has 0 radical (unpaired) electrons. The van der Waals surface area contributed by atoms with E-state index in [-0.39, 0.29) is 0 Å². The van der Waals surface area contributed by atoms with Crippen LogP contribution in [0.5, 0.6) is 0 Å². The fourth-order valence-electron chi connectivity index (χ4n) is 1.48. The number of allylic oxidation sites excluding steroid dienone is 2. The van der Waals surface area contributed by atoms with Gasteiger partial charge in [-0.3, -0.25) is 0 Å². The highest BCUT2D eigenvalue weighted by atomic mass is 35.5. The summed E-state index contributed by atoms with van der Waals surface area (Å²) in [6.07, 6.45) is 8.20. The molecule has 0 fully saturated rings. The molecule has 0 saturated heterocycles. The lowest BCUT2D eigenvalue weighted by Crippen LogP contribution is -2.24. The first-order valence-corrected chi connectivity index (χ1v) is 5.45. The van der Waals surface area contributed by atoms with Crippen molar-refractivity contribution in [1.29, 1.82) is 0 Å². The van der Waals surface area contributed by atoms with Gasteiger partial charge in [0.15, 0.2) is 0 Å². The molecule has 1 N–H and O–H groups in total. The van der Waals surface area contributed by atoms with Crippen molar-refractivity contribution in [2.24, 2.45) is 5.92 Å². The normalized spacial score (nSPS) is 23.5. The van der Waals surface area contributed by atoms with Gasteiger partial charge in [0.05, 0.1) is 0 Å². The largest absolute Gasteiger partial charge is 0.311 e. The molecule has 1 aliphatic carbocycles. The molecule has 1 atom stereocenters. The standard InChI is InChI=1S/C10H15Cl2N/c11-6-10(12)8-13-7-9-4-2-1-3-5-9/h1-2,6,9,13H,3-5,7-8H2. The second-order valence-electron chi connectivity index (χ2n) is 3.34. The second-order valence-corrected chi connectivity index (χ2v) is 4.04. The lowest BCUT2D eigenvalue weighted by atomic mass is 9.94. The summed E-state index contributed by atoms with van der Waals surface area (Å²) >= 11 is 11.2. The molecule has 1 nitrogen and oxygen atoms in total. The third kappa shape index (κ3) is 4.70. The van der Waals surface area contributed by atoms with E-state index in [2.05, 4.69) is 17.5 Å². The maximum Gasteiger partial charge on any atom is 0.0431 e. The summed E-state index contributed by atoms with van der Waals surface area (Å²) in [6.45, 7) is 1.72. The van der Waals surface area contributed by atoms with Gasteiger partial charge >= 0.3 is 0 Å². The minimum Gasteiger partial charge on any atom is -0.311 e. The van der Waals surface area contributed by atoms with Crippen molar-refractivity contribution in [3.63, 3.8) is 0 Å². The fraction of sp³-hybridized carbons (Fsp3) is 0.600. The molecule has 0 saturated carbocycles. The van der Waals surface area contributed by atoms with Gasteiger partial charge in [0, 0.05) is 17.1 Å². The molecule has 1 rings (SSSR count). The van der Waals surface area contributed by atoms with E-state index in [1.807, 2.05) is 0 Å². The SMILES string of the molecule is ClC=C(Cl)CNCC1CC=CCC1. The molecule has 13 heavy (non-hydrogen) atoms. The smallest absolute Gasteiger partial charge is 0.0431 e. The van der Waals surface area contributed by atoms with Crippen LogP contribution in [0.25, 0.3) is 0 Å². The van der Waals surface area contributed by atoms with Crippen molar-refractivity contribution < 1.29 is 0 Å². The maximum absolute atomic E-state index is 5.74. The Kier molecular flexibility index (Phi) is 5.52. The molecule has 0 bridgehead atoms. The Morgan fingerprint density at radius 2 is 2.38 bits per heavy atom. The molecule has 3 heteroatoms. The van der Waals surface area contributed by atoms with Gasteiger partial charge in [0.1, 0.15) is 0 Å². The predicted molar refractivity (Wildman–Crippen MR) is 59.1 cm³/mol. The highest BCUT2D eigenvalue weighted by Gasteiger charge is 2.08. The molecule has 0 amide bonds. The molecule has 1 aliphatic rings. The zero-order valence-corrected chi connectivity index (χ0v) is 9.11. The molecule has 0 spiro atoms. The van der Waals surface area contributed by atoms with Crippen LogP contribution in [0.15, 0.2) is 22.7 Å². The topological polar surface area (TPSA) is 12.0 Å². The van der Waals surface area contributed by atoms with Crippen molar-refractivity contribution in [3.05, 3.63) is 22.7 Å². The van der Waals surface area contributed by atoms with E-state index in [1.54, 1.807) is 0 Å². The summed E-state index contributed by atoms with van der Waals surface area (Å²) in [6, 6.07) is 0.